The molecule has 0 saturated carbocycles. The van der Waals surface area contributed by atoms with Crippen LogP contribution in [-0.4, -0.2) is 39.5 Å². The molecule has 0 saturated heterocycles. The van der Waals surface area contributed by atoms with Crippen LogP contribution in [-0.2, 0) is 11.2 Å². The number of imide groups is 1. The Morgan fingerprint density at radius 2 is 1.63 bits per heavy atom. The molecule has 1 unspecified atom stereocenters. The molecule has 0 spiro atoms. The van der Waals surface area contributed by atoms with Gasteiger partial charge in [-0.1, -0.05) is 54.2 Å². The van der Waals surface area contributed by atoms with Crippen LogP contribution in [0.3, 0.4) is 0 Å². The summed E-state index contributed by atoms with van der Waals surface area (Å²) >= 11 is 6.70. The number of thioether (sulfide) groups is 1. The van der Waals surface area contributed by atoms with Crippen molar-refractivity contribution in [3.8, 4) is 0 Å². The number of ether oxygens (including phenoxy) is 1. The number of carbonyl (C=O) groups excluding carboxylic acids is 2. The second-order valence-corrected chi connectivity index (χ2v) is 8.12. The van der Waals surface area contributed by atoms with Gasteiger partial charge in [-0.3, -0.25) is 14.5 Å². The third-order valence-electron chi connectivity index (χ3n) is 4.39. The highest BCUT2D eigenvalue weighted by atomic mass is 32.2. The van der Waals surface area contributed by atoms with Crippen LogP contribution in [0, 0.1) is 0 Å². The zero-order valence-corrected chi connectivity index (χ0v) is 16.7. The zero-order valence-electron chi connectivity index (χ0n) is 15.1. The van der Waals surface area contributed by atoms with E-state index in [-0.39, 0.29) is 17.1 Å². The third kappa shape index (κ3) is 4.76. The Balaban J connectivity index is 1.72. The van der Waals surface area contributed by atoms with E-state index in [0.717, 1.165) is 12.8 Å². The van der Waals surface area contributed by atoms with Crippen molar-refractivity contribution in [2.75, 3.05) is 13.2 Å². The highest BCUT2D eigenvalue weighted by Crippen LogP contribution is 2.27. The summed E-state index contributed by atoms with van der Waals surface area (Å²) < 4.78 is 5.86. The quantitative estimate of drug-likeness (QED) is 0.512. The first kappa shape index (κ1) is 19.6. The molecular weight excluding hydrogens is 378 g/mol. The molecule has 3 rings (SSSR count). The van der Waals surface area contributed by atoms with Gasteiger partial charge in [0.15, 0.2) is 0 Å². The average molecular weight is 400 g/mol. The number of thiocarbonyl (C=S) groups is 1. The minimum absolute atomic E-state index is 0.0218. The van der Waals surface area contributed by atoms with E-state index in [1.165, 1.54) is 22.2 Å². The van der Waals surface area contributed by atoms with E-state index in [4.69, 9.17) is 17.0 Å². The molecule has 2 aromatic rings. The van der Waals surface area contributed by atoms with Crippen molar-refractivity contribution in [1.29, 1.82) is 0 Å². The van der Waals surface area contributed by atoms with Crippen molar-refractivity contribution in [2.45, 2.75) is 25.0 Å². The van der Waals surface area contributed by atoms with E-state index in [9.17, 15) is 9.59 Å². The maximum atomic E-state index is 12.7. The Bertz CT molecular complexity index is 803. The molecule has 1 aliphatic heterocycles. The fourth-order valence-corrected chi connectivity index (χ4v) is 4.50. The monoisotopic (exact) mass is 399 g/mol. The molecule has 0 N–H and O–H groups in total. The fourth-order valence-electron chi connectivity index (χ4n) is 3.06. The highest BCUT2D eigenvalue weighted by Gasteiger charge is 2.36. The maximum Gasteiger partial charge on any atom is 0.261 e. The second-order valence-electron chi connectivity index (χ2n) is 6.21. The Labute approximate surface area is 168 Å². The van der Waals surface area contributed by atoms with Gasteiger partial charge in [0.05, 0.1) is 17.7 Å². The Morgan fingerprint density at radius 1 is 1.04 bits per heavy atom. The van der Waals surface area contributed by atoms with Gasteiger partial charge in [0.1, 0.15) is 0 Å². The number of fused-ring (bicyclic) bond motifs is 1. The lowest BCUT2D eigenvalue weighted by molar-refractivity contribution is 0.0654. The predicted octanol–water partition coefficient (Wildman–Crippen LogP) is 4.34. The van der Waals surface area contributed by atoms with E-state index in [1.54, 1.807) is 24.3 Å². The van der Waals surface area contributed by atoms with Gasteiger partial charge in [-0.15, -0.1) is 0 Å². The summed E-state index contributed by atoms with van der Waals surface area (Å²) in [5.74, 6) is -0.466. The molecular formula is C21H21NO3S2. The number of hydrogen-bond donors (Lipinski definition) is 0. The first-order valence-corrected chi connectivity index (χ1v) is 10.2. The lowest BCUT2D eigenvalue weighted by Crippen LogP contribution is -2.36. The Kier molecular flexibility index (Phi) is 6.63. The molecule has 140 valence electrons. The van der Waals surface area contributed by atoms with Gasteiger partial charge in [0.2, 0.25) is 4.38 Å². The van der Waals surface area contributed by atoms with Crippen molar-refractivity contribution >= 4 is 40.2 Å². The van der Waals surface area contributed by atoms with Gasteiger partial charge in [0.25, 0.3) is 11.8 Å². The topological polar surface area (TPSA) is 46.6 Å². The van der Waals surface area contributed by atoms with Crippen LogP contribution >= 0.6 is 24.0 Å². The summed E-state index contributed by atoms with van der Waals surface area (Å²) in [6.07, 6.45) is 1.63. The number of hydrogen-bond acceptors (Lipinski definition) is 5. The van der Waals surface area contributed by atoms with Crippen LogP contribution in [0.15, 0.2) is 54.6 Å². The summed E-state index contributed by atoms with van der Waals surface area (Å²) in [7, 11) is 0. The Morgan fingerprint density at radius 3 is 2.22 bits per heavy atom. The smallest absolute Gasteiger partial charge is 0.261 e. The van der Waals surface area contributed by atoms with Gasteiger partial charge in [0, 0.05) is 11.8 Å². The number of amides is 2. The van der Waals surface area contributed by atoms with Crippen molar-refractivity contribution in [1.82, 2.24) is 4.90 Å². The van der Waals surface area contributed by atoms with E-state index < -0.39 is 0 Å². The number of rotatable bonds is 7. The third-order valence-corrected chi connectivity index (χ3v) is 5.82. The number of benzene rings is 2. The summed E-state index contributed by atoms with van der Waals surface area (Å²) in [5.41, 5.74) is 2.16. The maximum absolute atomic E-state index is 12.7. The lowest BCUT2D eigenvalue weighted by Gasteiger charge is -2.22. The molecule has 2 amide bonds. The standard InChI is InChI=1S/C21H21NO3S2/c1-2-25-21(26)27-16(13-12-15-8-4-3-5-9-15)14-22-19(23)17-10-6-7-11-18(17)20(22)24/h3-11,16H,2,12-14H2,1H3. The van der Waals surface area contributed by atoms with Crippen LogP contribution in [0.2, 0.25) is 0 Å². The van der Waals surface area contributed by atoms with Crippen LogP contribution in [0.25, 0.3) is 0 Å². The minimum Gasteiger partial charge on any atom is -0.479 e. The zero-order chi connectivity index (χ0) is 19.2. The van der Waals surface area contributed by atoms with E-state index in [0.29, 0.717) is 28.7 Å². The van der Waals surface area contributed by atoms with Crippen molar-refractivity contribution < 1.29 is 14.3 Å². The SMILES string of the molecule is CCOC(=S)SC(CCc1ccccc1)CN1C(=O)c2ccccc2C1=O. The van der Waals surface area contributed by atoms with Gasteiger partial charge in [-0.2, -0.15) is 0 Å². The first-order valence-electron chi connectivity index (χ1n) is 8.92. The normalized spacial score (nSPS) is 14.2. The summed E-state index contributed by atoms with van der Waals surface area (Å²) in [5, 5.41) is -0.0218. The molecule has 4 nitrogen and oxygen atoms in total. The molecule has 0 bridgehead atoms. The van der Waals surface area contributed by atoms with Crippen molar-refractivity contribution in [3.63, 3.8) is 0 Å². The molecule has 0 aliphatic carbocycles. The highest BCUT2D eigenvalue weighted by molar-refractivity contribution is 8.23. The first-order chi connectivity index (χ1) is 13.1. The molecule has 1 heterocycles. The second kappa shape index (κ2) is 9.15. The molecule has 1 atom stereocenters. The Hall–Kier alpha value is -2.18. The van der Waals surface area contributed by atoms with Crippen molar-refractivity contribution in [2.24, 2.45) is 0 Å². The molecule has 0 fully saturated rings. The molecule has 2 aromatic carbocycles. The summed E-state index contributed by atoms with van der Waals surface area (Å²) in [4.78, 5) is 26.7. The molecule has 27 heavy (non-hydrogen) atoms. The van der Waals surface area contributed by atoms with E-state index in [2.05, 4.69) is 12.1 Å². The molecule has 0 aromatic heterocycles. The largest absolute Gasteiger partial charge is 0.479 e. The number of carbonyl (C=O) groups is 2. The predicted molar refractivity (Wildman–Crippen MR) is 112 cm³/mol. The molecule has 0 radical (unpaired) electrons. The average Bonchev–Trinajstić information content (AvgIpc) is 2.92. The van der Waals surface area contributed by atoms with Gasteiger partial charge in [-0.25, -0.2) is 0 Å². The van der Waals surface area contributed by atoms with Crippen LogP contribution in [0.4, 0.5) is 0 Å². The summed E-state index contributed by atoms with van der Waals surface area (Å²) in [6, 6.07) is 17.1. The summed E-state index contributed by atoms with van der Waals surface area (Å²) in [6.45, 7) is 2.71. The van der Waals surface area contributed by atoms with Gasteiger partial charge >= 0.3 is 0 Å². The molecule has 6 heteroatoms. The van der Waals surface area contributed by atoms with Gasteiger partial charge in [-0.05, 0) is 49.7 Å². The van der Waals surface area contributed by atoms with Gasteiger partial charge < -0.3 is 4.74 Å². The number of nitrogens with zero attached hydrogens (tertiary/aromatic N) is 1. The van der Waals surface area contributed by atoms with E-state index >= 15 is 0 Å². The van der Waals surface area contributed by atoms with Crippen LogP contribution < -0.4 is 0 Å². The lowest BCUT2D eigenvalue weighted by atomic mass is 10.1. The van der Waals surface area contributed by atoms with Crippen LogP contribution in [0.5, 0.6) is 0 Å². The van der Waals surface area contributed by atoms with Crippen molar-refractivity contribution in [3.05, 3.63) is 71.3 Å². The van der Waals surface area contributed by atoms with E-state index in [1.807, 2.05) is 25.1 Å². The minimum atomic E-state index is -0.233. The number of aryl methyl sites for hydroxylation is 1. The van der Waals surface area contributed by atoms with Crippen LogP contribution in [0.1, 0.15) is 39.6 Å². The molecule has 1 aliphatic rings. The fraction of sp³-hybridized carbons (Fsp3) is 0.286.